The summed E-state index contributed by atoms with van der Waals surface area (Å²) in [6, 6.07) is 8.42. The molecular weight excluding hydrogens is 592 g/mol. The average Bonchev–Trinajstić information content (AvgIpc) is 3.57. The number of carbonyl (C=O) groups is 3. The number of rotatable bonds is 11. The summed E-state index contributed by atoms with van der Waals surface area (Å²) >= 11 is 5.40. The lowest BCUT2D eigenvalue weighted by Crippen LogP contribution is -2.59. The van der Waals surface area contributed by atoms with Gasteiger partial charge < -0.3 is 19.6 Å². The molecule has 9 heteroatoms. The molecule has 4 aliphatic rings. The molecule has 7 nitrogen and oxygen atoms in total. The van der Waals surface area contributed by atoms with Crippen LogP contribution in [0.15, 0.2) is 55.6 Å². The Morgan fingerprint density at radius 2 is 1.93 bits per heavy atom. The molecular formula is C31H39BrN2O5S. The summed E-state index contributed by atoms with van der Waals surface area (Å²) in [5, 5.41) is 10.5. The van der Waals surface area contributed by atoms with Crippen LogP contribution in [-0.2, 0) is 25.5 Å². The van der Waals surface area contributed by atoms with Gasteiger partial charge in [0.15, 0.2) is 0 Å². The summed E-state index contributed by atoms with van der Waals surface area (Å²) in [4.78, 5) is 46.2. The van der Waals surface area contributed by atoms with Crippen LogP contribution in [0, 0.1) is 11.8 Å². The first-order valence-corrected chi connectivity index (χ1v) is 16.1. The molecule has 1 aliphatic carbocycles. The molecule has 0 radical (unpaired) electrons. The third-order valence-electron chi connectivity index (χ3n) is 9.12. The smallest absolute Gasteiger partial charge is 0.311 e. The zero-order chi connectivity index (χ0) is 28.4. The quantitative estimate of drug-likeness (QED) is 0.225. The minimum atomic E-state index is -0.792. The van der Waals surface area contributed by atoms with Gasteiger partial charge in [0.1, 0.15) is 12.6 Å². The van der Waals surface area contributed by atoms with Crippen LogP contribution in [0.3, 0.4) is 0 Å². The van der Waals surface area contributed by atoms with Gasteiger partial charge in [-0.3, -0.25) is 14.4 Å². The van der Waals surface area contributed by atoms with E-state index < -0.39 is 34.6 Å². The first kappa shape index (κ1) is 29.4. The standard InChI is InChI=1S/C31H39BrN2O5S/c1-3-15-33(21-13-9-6-10-14-21)29(37)27-31-18-23(32)26(40-31)24(30(38)39-16-4-2)25(31)28(36)34(27)22(19-35)17-20-11-7-5-8-12-20/h3-5,7-8,11-12,21-27,35H,1-2,6,9-10,13-19H2/t22-,23?,24+,25+,26+,27?,31?/m1/s1. The van der Waals surface area contributed by atoms with E-state index in [0.29, 0.717) is 19.4 Å². The average molecular weight is 632 g/mol. The number of likely N-dealkylation sites (tertiary alicyclic amines) is 1. The maximum absolute atomic E-state index is 14.8. The van der Waals surface area contributed by atoms with Crippen LogP contribution in [0.1, 0.15) is 44.1 Å². The molecule has 1 aromatic carbocycles. The number of alkyl halides is 1. The summed E-state index contributed by atoms with van der Waals surface area (Å²) in [6.07, 6.45) is 9.44. The minimum Gasteiger partial charge on any atom is -0.461 e. The van der Waals surface area contributed by atoms with Crippen LogP contribution in [0.25, 0.3) is 0 Å². The van der Waals surface area contributed by atoms with Gasteiger partial charge in [-0.15, -0.1) is 18.3 Å². The molecule has 1 aromatic rings. The highest BCUT2D eigenvalue weighted by molar-refractivity contribution is 9.09. The Morgan fingerprint density at radius 3 is 2.58 bits per heavy atom. The van der Waals surface area contributed by atoms with E-state index in [1.807, 2.05) is 35.2 Å². The van der Waals surface area contributed by atoms with Crippen molar-refractivity contribution in [3.63, 3.8) is 0 Å². The monoisotopic (exact) mass is 630 g/mol. The van der Waals surface area contributed by atoms with Gasteiger partial charge in [-0.2, -0.15) is 0 Å². The van der Waals surface area contributed by atoms with Crippen LogP contribution in [0.5, 0.6) is 0 Å². The lowest BCUT2D eigenvalue weighted by atomic mass is 9.71. The maximum atomic E-state index is 14.8. The maximum Gasteiger partial charge on any atom is 0.311 e. The topological polar surface area (TPSA) is 87.1 Å². The van der Waals surface area contributed by atoms with E-state index in [1.165, 1.54) is 6.08 Å². The number of benzene rings is 1. The zero-order valence-corrected chi connectivity index (χ0v) is 25.2. The molecule has 1 spiro atoms. The number of hydrogen-bond donors (Lipinski definition) is 1. The number of thioether (sulfide) groups is 1. The van der Waals surface area contributed by atoms with Crippen LogP contribution < -0.4 is 0 Å². The number of esters is 1. The number of aliphatic hydroxyl groups is 1. The zero-order valence-electron chi connectivity index (χ0n) is 22.8. The fraction of sp³-hybridized carbons (Fsp3) is 0.581. The molecule has 0 aromatic heterocycles. The van der Waals surface area contributed by atoms with Gasteiger partial charge >= 0.3 is 5.97 Å². The number of carbonyl (C=O) groups excluding carboxylic acids is 3. The van der Waals surface area contributed by atoms with Gasteiger partial charge in [-0.25, -0.2) is 0 Å². The van der Waals surface area contributed by atoms with Crippen molar-refractivity contribution in [1.82, 2.24) is 9.80 Å². The van der Waals surface area contributed by atoms with Crippen LogP contribution in [0.4, 0.5) is 0 Å². The molecule has 7 atom stereocenters. The highest BCUT2D eigenvalue weighted by Gasteiger charge is 2.76. The van der Waals surface area contributed by atoms with Gasteiger partial charge in [-0.05, 0) is 31.2 Å². The Balaban J connectivity index is 1.58. The van der Waals surface area contributed by atoms with Crippen LogP contribution >= 0.6 is 27.7 Å². The van der Waals surface area contributed by atoms with Crippen molar-refractivity contribution in [1.29, 1.82) is 0 Å². The summed E-state index contributed by atoms with van der Waals surface area (Å²) in [6.45, 7) is 7.78. The molecule has 40 heavy (non-hydrogen) atoms. The fourth-order valence-corrected chi connectivity index (χ4v) is 11.1. The third kappa shape index (κ3) is 5.07. The molecule has 2 amide bonds. The number of amides is 2. The summed E-state index contributed by atoms with van der Waals surface area (Å²) < 4.78 is 4.72. The van der Waals surface area contributed by atoms with E-state index in [4.69, 9.17) is 4.74 Å². The third-order valence-corrected chi connectivity index (χ3v) is 12.3. The SMILES string of the molecule is C=CCOC(=O)[C@H]1[C@H]2C(=O)N([C@@H](CO)Cc3ccccc3)C(C(=O)N(CC=C)C3CCCCC3)C23CC(Br)[C@@H]1S3. The molecule has 4 fully saturated rings. The predicted octanol–water partition coefficient (Wildman–Crippen LogP) is 4.13. The number of aliphatic hydroxyl groups excluding tert-OH is 1. The lowest BCUT2D eigenvalue weighted by molar-refractivity contribution is -0.153. The largest absolute Gasteiger partial charge is 0.461 e. The van der Waals surface area contributed by atoms with Crippen molar-refractivity contribution in [2.24, 2.45) is 11.8 Å². The van der Waals surface area contributed by atoms with E-state index >= 15 is 0 Å². The molecule has 3 unspecified atom stereocenters. The number of ether oxygens (including phenoxy) is 1. The molecule has 3 heterocycles. The molecule has 3 aliphatic heterocycles. The second-order valence-electron chi connectivity index (χ2n) is 11.4. The highest BCUT2D eigenvalue weighted by Crippen LogP contribution is 2.68. The Bertz CT molecular complexity index is 1130. The van der Waals surface area contributed by atoms with Gasteiger partial charge in [0, 0.05) is 22.7 Å². The second-order valence-corrected chi connectivity index (χ2v) is 14.1. The number of hydrogen-bond acceptors (Lipinski definition) is 6. The minimum absolute atomic E-state index is 0.0395. The summed E-state index contributed by atoms with van der Waals surface area (Å²) in [7, 11) is 0. The van der Waals surface area contributed by atoms with Gasteiger partial charge in [0.2, 0.25) is 11.8 Å². The van der Waals surface area contributed by atoms with Crippen molar-refractivity contribution in [3.8, 4) is 0 Å². The summed E-state index contributed by atoms with van der Waals surface area (Å²) in [5.41, 5.74) is 0.975. The second kappa shape index (κ2) is 12.4. The van der Waals surface area contributed by atoms with Crippen molar-refractivity contribution in [2.45, 2.75) is 77.9 Å². The van der Waals surface area contributed by atoms with Crippen molar-refractivity contribution in [3.05, 3.63) is 61.2 Å². The van der Waals surface area contributed by atoms with Crippen LogP contribution in [0.2, 0.25) is 0 Å². The Morgan fingerprint density at radius 1 is 1.20 bits per heavy atom. The van der Waals surface area contributed by atoms with E-state index in [2.05, 4.69) is 29.1 Å². The van der Waals surface area contributed by atoms with Gasteiger partial charge in [-0.1, -0.05) is 84.3 Å². The molecule has 5 rings (SSSR count). The van der Waals surface area contributed by atoms with Crippen molar-refractivity contribution < 1.29 is 24.2 Å². The highest BCUT2D eigenvalue weighted by atomic mass is 79.9. The normalized spacial score (nSPS) is 32.0. The first-order chi connectivity index (χ1) is 19.4. The lowest BCUT2D eigenvalue weighted by Gasteiger charge is -2.42. The molecule has 1 N–H and O–H groups in total. The molecule has 3 saturated heterocycles. The number of halogens is 1. The molecule has 1 saturated carbocycles. The van der Waals surface area contributed by atoms with Crippen LogP contribution in [-0.4, -0.2) is 85.4 Å². The predicted molar refractivity (Wildman–Crippen MR) is 160 cm³/mol. The van der Waals surface area contributed by atoms with Gasteiger partial charge in [0.25, 0.3) is 0 Å². The first-order valence-electron chi connectivity index (χ1n) is 14.4. The van der Waals surface area contributed by atoms with E-state index in [0.717, 1.165) is 37.7 Å². The van der Waals surface area contributed by atoms with E-state index in [1.54, 1.807) is 22.7 Å². The Labute approximate surface area is 249 Å². The number of fused-ring (bicyclic) bond motifs is 1. The molecule has 2 bridgehead atoms. The number of nitrogens with zero attached hydrogens (tertiary/aromatic N) is 2. The molecule has 216 valence electrons. The van der Waals surface area contributed by atoms with E-state index in [-0.39, 0.29) is 41.1 Å². The van der Waals surface area contributed by atoms with E-state index in [9.17, 15) is 19.5 Å². The Kier molecular flexibility index (Phi) is 9.12. The van der Waals surface area contributed by atoms with Crippen molar-refractivity contribution in [2.75, 3.05) is 19.8 Å². The Hall–Kier alpha value is -2.10. The van der Waals surface area contributed by atoms with Crippen molar-refractivity contribution >= 4 is 45.5 Å². The fourth-order valence-electron chi connectivity index (χ4n) is 7.49. The van der Waals surface area contributed by atoms with Gasteiger partial charge in [0.05, 0.1) is 29.2 Å². The summed E-state index contributed by atoms with van der Waals surface area (Å²) in [5.74, 6) is -2.11.